The average molecular weight is 354 g/mol. The van der Waals surface area contributed by atoms with Crippen LogP contribution in [0.5, 0.6) is 0 Å². The number of nitro benzene ring substituents is 1. The summed E-state index contributed by atoms with van der Waals surface area (Å²) >= 11 is 6.60. The van der Waals surface area contributed by atoms with Gasteiger partial charge in [0.05, 0.1) is 9.85 Å². The Morgan fingerprint density at radius 3 is 2.52 bits per heavy atom. The zero-order chi connectivity index (χ0) is 17.0. The summed E-state index contributed by atoms with van der Waals surface area (Å²) in [5, 5.41) is 23.7. The van der Waals surface area contributed by atoms with Crippen molar-refractivity contribution in [1.82, 2.24) is 0 Å². The van der Waals surface area contributed by atoms with Gasteiger partial charge < -0.3 is 5.32 Å². The molecule has 23 heavy (non-hydrogen) atoms. The molecule has 0 spiro atoms. The molecule has 1 N–H and O–H groups in total. The van der Waals surface area contributed by atoms with Crippen molar-refractivity contribution in [3.05, 3.63) is 66.5 Å². The molecule has 1 amide bonds. The van der Waals surface area contributed by atoms with E-state index in [9.17, 15) is 25.0 Å². The van der Waals surface area contributed by atoms with Crippen LogP contribution in [0.4, 0.5) is 16.4 Å². The third kappa shape index (κ3) is 4.34. The molecule has 1 aromatic carbocycles. The molecule has 1 heterocycles. The standard InChI is InChI=1S/C13H8ClN3O5S/c14-10-4-1-8(7-11(10)16(19)20)15-12(18)5-2-9-3-6-13(23-9)17(21)22/h1-7H,(H,15,18)/b5-2+. The Kier molecular flexibility index (Phi) is 5.04. The van der Waals surface area contributed by atoms with E-state index in [0.29, 0.717) is 4.88 Å². The highest BCUT2D eigenvalue weighted by atomic mass is 35.5. The van der Waals surface area contributed by atoms with Crippen LogP contribution in [0.2, 0.25) is 5.02 Å². The zero-order valence-corrected chi connectivity index (χ0v) is 12.8. The molecule has 1 aromatic heterocycles. The van der Waals surface area contributed by atoms with Gasteiger partial charge in [-0.1, -0.05) is 22.9 Å². The number of hydrogen-bond donors (Lipinski definition) is 1. The van der Waals surface area contributed by atoms with Crippen molar-refractivity contribution in [3.8, 4) is 0 Å². The molecule has 2 rings (SSSR count). The number of carbonyl (C=O) groups is 1. The van der Waals surface area contributed by atoms with Crippen LogP contribution >= 0.6 is 22.9 Å². The second-order valence-corrected chi connectivity index (χ2v) is 5.68. The maximum atomic E-state index is 11.8. The lowest BCUT2D eigenvalue weighted by Gasteiger charge is -2.02. The summed E-state index contributed by atoms with van der Waals surface area (Å²) in [6.07, 6.45) is 2.59. The summed E-state index contributed by atoms with van der Waals surface area (Å²) in [7, 11) is 0. The fourth-order valence-corrected chi connectivity index (χ4v) is 2.51. The highest BCUT2D eigenvalue weighted by molar-refractivity contribution is 7.16. The van der Waals surface area contributed by atoms with Crippen LogP contribution in [0.3, 0.4) is 0 Å². The Morgan fingerprint density at radius 2 is 1.91 bits per heavy atom. The molecule has 0 aliphatic carbocycles. The van der Waals surface area contributed by atoms with E-state index in [1.807, 2.05) is 0 Å². The van der Waals surface area contributed by atoms with Gasteiger partial charge in [0.15, 0.2) is 0 Å². The van der Waals surface area contributed by atoms with Gasteiger partial charge in [-0.25, -0.2) is 0 Å². The van der Waals surface area contributed by atoms with Gasteiger partial charge in [0, 0.05) is 28.8 Å². The van der Waals surface area contributed by atoms with E-state index in [2.05, 4.69) is 5.32 Å². The Morgan fingerprint density at radius 1 is 1.17 bits per heavy atom. The Labute approximate surface area is 138 Å². The number of benzene rings is 1. The van der Waals surface area contributed by atoms with Crippen LogP contribution in [-0.4, -0.2) is 15.8 Å². The number of hydrogen-bond acceptors (Lipinski definition) is 6. The third-order valence-corrected chi connectivity index (χ3v) is 3.92. The smallest absolute Gasteiger partial charge is 0.322 e. The van der Waals surface area contributed by atoms with E-state index >= 15 is 0 Å². The number of anilines is 1. The highest BCUT2D eigenvalue weighted by Gasteiger charge is 2.13. The SMILES string of the molecule is O=C(/C=C/c1ccc([N+](=O)[O-])s1)Nc1ccc(Cl)c([N+](=O)[O-])c1. The second-order valence-electron chi connectivity index (χ2n) is 4.18. The highest BCUT2D eigenvalue weighted by Crippen LogP contribution is 2.27. The first-order valence-corrected chi connectivity index (χ1v) is 7.23. The van der Waals surface area contributed by atoms with Crippen molar-refractivity contribution in [1.29, 1.82) is 0 Å². The first-order valence-electron chi connectivity index (χ1n) is 6.04. The van der Waals surface area contributed by atoms with Crippen LogP contribution in [0.25, 0.3) is 6.08 Å². The van der Waals surface area contributed by atoms with Gasteiger partial charge >= 0.3 is 5.00 Å². The van der Waals surface area contributed by atoms with Gasteiger partial charge in [-0.05, 0) is 24.3 Å². The minimum absolute atomic E-state index is 0.0293. The zero-order valence-electron chi connectivity index (χ0n) is 11.3. The molecule has 0 saturated heterocycles. The van der Waals surface area contributed by atoms with Crippen molar-refractivity contribution in [3.63, 3.8) is 0 Å². The number of nitro groups is 2. The van der Waals surface area contributed by atoms with Gasteiger partial charge in [0.25, 0.3) is 5.69 Å². The number of halogens is 1. The first-order chi connectivity index (χ1) is 10.9. The molecule has 0 radical (unpaired) electrons. The Bertz CT molecular complexity index is 818. The second kappa shape index (κ2) is 6.99. The topological polar surface area (TPSA) is 115 Å². The normalized spacial score (nSPS) is 10.7. The summed E-state index contributed by atoms with van der Waals surface area (Å²) in [5.74, 6) is -0.530. The van der Waals surface area contributed by atoms with E-state index in [0.717, 1.165) is 17.4 Å². The van der Waals surface area contributed by atoms with Gasteiger partial charge in [-0.3, -0.25) is 25.0 Å². The van der Waals surface area contributed by atoms with E-state index in [1.54, 1.807) is 0 Å². The predicted molar refractivity (Wildman–Crippen MR) is 86.7 cm³/mol. The number of amides is 1. The minimum atomic E-state index is -0.654. The van der Waals surface area contributed by atoms with Gasteiger partial charge in [-0.15, -0.1) is 0 Å². The molecule has 0 bridgehead atoms. The van der Waals surface area contributed by atoms with Crippen molar-refractivity contribution in [2.24, 2.45) is 0 Å². The van der Waals surface area contributed by atoms with Crippen LogP contribution in [-0.2, 0) is 4.79 Å². The molecule has 8 nitrogen and oxygen atoms in total. The van der Waals surface area contributed by atoms with Crippen molar-refractivity contribution in [2.45, 2.75) is 0 Å². The van der Waals surface area contributed by atoms with Crippen LogP contribution < -0.4 is 5.32 Å². The van der Waals surface area contributed by atoms with E-state index in [1.165, 1.54) is 36.4 Å². The molecule has 0 fully saturated rings. The van der Waals surface area contributed by atoms with Gasteiger partial charge in [-0.2, -0.15) is 0 Å². The lowest BCUT2D eigenvalue weighted by Crippen LogP contribution is -2.07. The summed E-state index contributed by atoms with van der Waals surface area (Å²) in [5.41, 5.74) is -0.102. The van der Waals surface area contributed by atoms with E-state index in [4.69, 9.17) is 11.6 Å². The number of thiophene rings is 1. The van der Waals surface area contributed by atoms with E-state index < -0.39 is 15.8 Å². The van der Waals surface area contributed by atoms with Crippen LogP contribution in [0.15, 0.2) is 36.4 Å². The molecular weight excluding hydrogens is 346 g/mol. The number of carbonyl (C=O) groups excluding carboxylic acids is 1. The fourth-order valence-electron chi connectivity index (χ4n) is 1.60. The quantitative estimate of drug-likeness (QED) is 0.497. The van der Waals surface area contributed by atoms with E-state index in [-0.39, 0.29) is 21.4 Å². The number of nitrogens with zero attached hydrogens (tertiary/aromatic N) is 2. The maximum Gasteiger partial charge on any atom is 0.324 e. The number of rotatable bonds is 5. The first kappa shape index (κ1) is 16.6. The molecule has 118 valence electrons. The van der Waals surface area contributed by atoms with Crippen LogP contribution in [0, 0.1) is 20.2 Å². The summed E-state index contributed by atoms with van der Waals surface area (Å²) in [6, 6.07) is 6.73. The van der Waals surface area contributed by atoms with Crippen molar-refractivity contribution < 1.29 is 14.6 Å². The summed E-state index contributed by atoms with van der Waals surface area (Å²) in [6.45, 7) is 0. The molecule has 10 heteroatoms. The average Bonchev–Trinajstić information content (AvgIpc) is 2.96. The largest absolute Gasteiger partial charge is 0.324 e. The molecule has 0 aliphatic rings. The number of nitrogens with one attached hydrogen (secondary N) is 1. The third-order valence-electron chi connectivity index (χ3n) is 2.60. The monoisotopic (exact) mass is 353 g/mol. The minimum Gasteiger partial charge on any atom is -0.322 e. The Hall–Kier alpha value is -2.78. The predicted octanol–water partition coefficient (Wildman–Crippen LogP) is 3.87. The van der Waals surface area contributed by atoms with Crippen molar-refractivity contribution in [2.75, 3.05) is 5.32 Å². The summed E-state index contributed by atoms with van der Waals surface area (Å²) in [4.78, 5) is 32.4. The molecule has 0 saturated carbocycles. The molecular formula is C13H8ClN3O5S. The molecule has 0 atom stereocenters. The molecule has 0 aliphatic heterocycles. The van der Waals surface area contributed by atoms with Gasteiger partial charge in [0.1, 0.15) is 5.02 Å². The maximum absolute atomic E-state index is 11.8. The molecule has 2 aromatic rings. The lowest BCUT2D eigenvalue weighted by atomic mass is 10.2. The Balaban J connectivity index is 2.07. The van der Waals surface area contributed by atoms with Crippen molar-refractivity contribution >= 4 is 51.3 Å². The lowest BCUT2D eigenvalue weighted by molar-refractivity contribution is -0.384. The fraction of sp³-hybridized carbons (Fsp3) is 0. The van der Waals surface area contributed by atoms with Gasteiger partial charge in [0.2, 0.25) is 5.91 Å². The summed E-state index contributed by atoms with van der Waals surface area (Å²) < 4.78 is 0. The molecule has 0 unspecified atom stereocenters. The van der Waals surface area contributed by atoms with Crippen LogP contribution in [0.1, 0.15) is 4.88 Å².